The Kier molecular flexibility index (Phi) is 4.45. The number of nitrogens with zero attached hydrogens (tertiary/aromatic N) is 4. The van der Waals surface area contributed by atoms with Gasteiger partial charge < -0.3 is 15.0 Å². The molecule has 0 bridgehead atoms. The molecule has 102 valence electrons. The number of nitrogens with one attached hydrogen (secondary N) is 1. The average molecular weight is 281 g/mol. The van der Waals surface area contributed by atoms with Crippen LogP contribution in [-0.4, -0.2) is 36.5 Å². The fourth-order valence-corrected chi connectivity index (χ4v) is 2.17. The Morgan fingerprint density at radius 2 is 2.42 bits per heavy atom. The van der Waals surface area contributed by atoms with Gasteiger partial charge in [-0.2, -0.15) is 4.37 Å². The molecule has 2 rings (SSSR count). The summed E-state index contributed by atoms with van der Waals surface area (Å²) in [5, 5.41) is 12.7. The van der Waals surface area contributed by atoms with Crippen molar-refractivity contribution in [2.24, 2.45) is 0 Å². The van der Waals surface area contributed by atoms with Gasteiger partial charge in [0.05, 0.1) is 6.33 Å². The van der Waals surface area contributed by atoms with Crippen molar-refractivity contribution in [3.63, 3.8) is 0 Å². The zero-order valence-electron chi connectivity index (χ0n) is 10.5. The highest BCUT2D eigenvalue weighted by atomic mass is 32.1. The van der Waals surface area contributed by atoms with Gasteiger partial charge in [0.1, 0.15) is 5.82 Å². The van der Waals surface area contributed by atoms with Crippen LogP contribution in [0, 0.1) is 0 Å². The molecule has 0 amide bonds. The molecule has 0 saturated carbocycles. The quantitative estimate of drug-likeness (QED) is 0.799. The number of aryl methyl sites for hydroxylation is 1. The van der Waals surface area contributed by atoms with Crippen LogP contribution in [0.5, 0.6) is 0 Å². The van der Waals surface area contributed by atoms with Crippen LogP contribution in [0.1, 0.15) is 29.7 Å². The van der Waals surface area contributed by atoms with Crippen LogP contribution < -0.4 is 5.32 Å². The topological polar surface area (TPSA) is 92.9 Å². The number of carboxylic acid groups (broad SMARTS) is 1. The minimum atomic E-state index is -1.01. The molecular formula is C11H15N5O2S. The van der Waals surface area contributed by atoms with E-state index < -0.39 is 5.97 Å². The Labute approximate surface area is 114 Å². The van der Waals surface area contributed by atoms with E-state index in [1.54, 1.807) is 4.57 Å². The number of hydrogen-bond acceptors (Lipinski definition) is 6. The normalized spacial score (nSPS) is 10.6. The van der Waals surface area contributed by atoms with Crippen molar-refractivity contribution in [2.75, 3.05) is 11.9 Å². The molecule has 0 radical (unpaired) electrons. The molecule has 2 heterocycles. The summed E-state index contributed by atoms with van der Waals surface area (Å²) >= 11 is 1.34. The Balaban J connectivity index is 1.80. The van der Waals surface area contributed by atoms with Crippen molar-refractivity contribution < 1.29 is 9.90 Å². The van der Waals surface area contributed by atoms with Gasteiger partial charge in [0.15, 0.2) is 5.69 Å². The van der Waals surface area contributed by atoms with Crippen LogP contribution in [0.2, 0.25) is 0 Å². The predicted molar refractivity (Wildman–Crippen MR) is 71.6 cm³/mol. The Morgan fingerprint density at radius 1 is 1.58 bits per heavy atom. The molecular weight excluding hydrogens is 266 g/mol. The van der Waals surface area contributed by atoms with Crippen molar-refractivity contribution >= 4 is 22.6 Å². The molecule has 0 aliphatic heterocycles. The van der Waals surface area contributed by atoms with Crippen molar-refractivity contribution in [3.8, 4) is 0 Å². The number of carbonyl (C=O) groups is 1. The van der Waals surface area contributed by atoms with E-state index >= 15 is 0 Å². The van der Waals surface area contributed by atoms with Crippen LogP contribution in [-0.2, 0) is 13.0 Å². The minimum Gasteiger partial charge on any atom is -0.476 e. The molecule has 0 spiro atoms. The van der Waals surface area contributed by atoms with E-state index in [9.17, 15) is 4.79 Å². The van der Waals surface area contributed by atoms with Gasteiger partial charge in [-0.1, -0.05) is 6.92 Å². The summed E-state index contributed by atoms with van der Waals surface area (Å²) in [7, 11) is 0. The average Bonchev–Trinajstić information content (AvgIpc) is 2.99. The number of anilines is 1. The predicted octanol–water partition coefficient (Wildman–Crippen LogP) is 1.50. The highest BCUT2D eigenvalue weighted by Gasteiger charge is 2.06. The summed E-state index contributed by atoms with van der Waals surface area (Å²) in [4.78, 5) is 18.8. The summed E-state index contributed by atoms with van der Waals surface area (Å²) in [6.07, 6.45) is 4.94. The SMILES string of the molecule is CCCc1nsc(NCCn2cnc(C(=O)O)c2)n1. The number of aromatic carboxylic acids is 1. The lowest BCUT2D eigenvalue weighted by molar-refractivity contribution is 0.0691. The van der Waals surface area contributed by atoms with Gasteiger partial charge in [-0.25, -0.2) is 14.8 Å². The van der Waals surface area contributed by atoms with E-state index in [1.807, 2.05) is 0 Å². The van der Waals surface area contributed by atoms with Gasteiger partial charge in [-0.05, 0) is 6.42 Å². The third kappa shape index (κ3) is 3.75. The summed E-state index contributed by atoms with van der Waals surface area (Å²) in [5.74, 6) is -0.147. The molecule has 2 aromatic rings. The molecule has 7 nitrogen and oxygen atoms in total. The van der Waals surface area contributed by atoms with E-state index in [4.69, 9.17) is 5.11 Å². The molecule has 2 N–H and O–H groups in total. The van der Waals surface area contributed by atoms with E-state index in [1.165, 1.54) is 24.1 Å². The fourth-order valence-electron chi connectivity index (χ4n) is 1.54. The van der Waals surface area contributed by atoms with Crippen LogP contribution in [0.3, 0.4) is 0 Å². The van der Waals surface area contributed by atoms with Crippen LogP contribution >= 0.6 is 11.5 Å². The Bertz CT molecular complexity index is 551. The highest BCUT2D eigenvalue weighted by Crippen LogP contribution is 2.11. The van der Waals surface area contributed by atoms with Gasteiger partial charge in [-0.15, -0.1) is 0 Å². The van der Waals surface area contributed by atoms with E-state index in [2.05, 4.69) is 26.6 Å². The lowest BCUT2D eigenvalue weighted by atomic mass is 10.3. The molecule has 19 heavy (non-hydrogen) atoms. The van der Waals surface area contributed by atoms with Crippen LogP contribution in [0.4, 0.5) is 5.13 Å². The third-order valence-corrected chi connectivity index (χ3v) is 3.15. The number of rotatable bonds is 7. The number of imidazole rings is 1. The van der Waals surface area contributed by atoms with E-state index in [0.717, 1.165) is 23.8 Å². The van der Waals surface area contributed by atoms with Crippen molar-refractivity contribution in [2.45, 2.75) is 26.3 Å². The zero-order chi connectivity index (χ0) is 13.7. The van der Waals surface area contributed by atoms with Crippen LogP contribution in [0.15, 0.2) is 12.5 Å². The second-order valence-electron chi connectivity index (χ2n) is 3.99. The van der Waals surface area contributed by atoms with E-state index in [0.29, 0.717) is 13.1 Å². The number of carboxylic acids is 1. The second-order valence-corrected chi connectivity index (χ2v) is 4.75. The molecule has 0 saturated heterocycles. The smallest absolute Gasteiger partial charge is 0.356 e. The first-order valence-electron chi connectivity index (χ1n) is 6.00. The van der Waals surface area contributed by atoms with Gasteiger partial charge in [0.2, 0.25) is 5.13 Å². The van der Waals surface area contributed by atoms with Crippen molar-refractivity contribution in [1.82, 2.24) is 18.9 Å². The van der Waals surface area contributed by atoms with Crippen LogP contribution in [0.25, 0.3) is 0 Å². The molecule has 2 aromatic heterocycles. The summed E-state index contributed by atoms with van der Waals surface area (Å²) in [5.41, 5.74) is 0.0566. The molecule has 0 aliphatic carbocycles. The first kappa shape index (κ1) is 13.5. The lowest BCUT2D eigenvalue weighted by Gasteiger charge is -2.02. The molecule has 0 unspecified atom stereocenters. The minimum absolute atomic E-state index is 0.0566. The van der Waals surface area contributed by atoms with Crippen molar-refractivity contribution in [1.29, 1.82) is 0 Å². The molecule has 8 heteroatoms. The monoisotopic (exact) mass is 281 g/mol. The van der Waals surface area contributed by atoms with E-state index in [-0.39, 0.29) is 5.69 Å². The summed E-state index contributed by atoms with van der Waals surface area (Å²) in [6, 6.07) is 0. The lowest BCUT2D eigenvalue weighted by Crippen LogP contribution is -2.09. The summed E-state index contributed by atoms with van der Waals surface area (Å²) < 4.78 is 5.96. The molecule has 0 fully saturated rings. The van der Waals surface area contributed by atoms with Crippen molar-refractivity contribution in [3.05, 3.63) is 24.0 Å². The maximum atomic E-state index is 10.7. The molecule has 0 aliphatic rings. The largest absolute Gasteiger partial charge is 0.476 e. The maximum Gasteiger partial charge on any atom is 0.356 e. The van der Waals surface area contributed by atoms with Gasteiger partial charge >= 0.3 is 5.97 Å². The third-order valence-electron chi connectivity index (χ3n) is 2.44. The molecule has 0 aromatic carbocycles. The highest BCUT2D eigenvalue weighted by molar-refractivity contribution is 7.09. The first-order chi connectivity index (χ1) is 9.19. The first-order valence-corrected chi connectivity index (χ1v) is 6.78. The second kappa shape index (κ2) is 6.28. The number of aromatic nitrogens is 4. The Morgan fingerprint density at radius 3 is 3.11 bits per heavy atom. The van der Waals surface area contributed by atoms with Gasteiger partial charge in [0.25, 0.3) is 0 Å². The Hall–Kier alpha value is -1.96. The molecule has 0 atom stereocenters. The van der Waals surface area contributed by atoms with Gasteiger partial charge in [-0.3, -0.25) is 0 Å². The van der Waals surface area contributed by atoms with Gasteiger partial charge in [0, 0.05) is 37.2 Å². The fraction of sp³-hybridized carbons (Fsp3) is 0.455. The number of hydrogen-bond donors (Lipinski definition) is 2. The zero-order valence-corrected chi connectivity index (χ0v) is 11.4. The standard InChI is InChI=1S/C11H15N5O2S/c1-2-3-9-14-11(19-15-9)12-4-5-16-6-8(10(17)18)13-7-16/h6-7H,2-5H2,1H3,(H,17,18)(H,12,14,15). The maximum absolute atomic E-state index is 10.7. The summed E-state index contributed by atoms with van der Waals surface area (Å²) in [6.45, 7) is 3.37.